The van der Waals surface area contributed by atoms with E-state index in [0.717, 1.165) is 12.0 Å². The predicted molar refractivity (Wildman–Crippen MR) is 86.8 cm³/mol. The lowest BCUT2D eigenvalue weighted by atomic mass is 10.0. The molecule has 0 radical (unpaired) electrons. The Hall–Kier alpha value is -3.55. The fourth-order valence-corrected chi connectivity index (χ4v) is 2.37. The van der Waals surface area contributed by atoms with Gasteiger partial charge in [-0.05, 0) is 35.6 Å². The number of nitrogens with zero attached hydrogens (tertiary/aromatic N) is 4. The molecular weight excluding hydrogens is 284 g/mol. The molecule has 0 saturated carbocycles. The van der Waals surface area contributed by atoms with E-state index in [1.54, 1.807) is 7.05 Å². The highest BCUT2D eigenvalue weighted by molar-refractivity contribution is 5.71. The van der Waals surface area contributed by atoms with Crippen LogP contribution in [0.3, 0.4) is 0 Å². The van der Waals surface area contributed by atoms with Crippen LogP contribution in [-0.4, -0.2) is 9.55 Å². The van der Waals surface area contributed by atoms with Crippen molar-refractivity contribution in [3.63, 3.8) is 0 Å². The molecule has 0 N–H and O–H groups in total. The summed E-state index contributed by atoms with van der Waals surface area (Å²) in [5.41, 5.74) is 3.69. The van der Waals surface area contributed by atoms with E-state index in [4.69, 9.17) is 10.5 Å². The molecule has 0 atom stereocenters. The summed E-state index contributed by atoms with van der Waals surface area (Å²) in [5, 5.41) is 18.0. The van der Waals surface area contributed by atoms with Gasteiger partial charge in [0, 0.05) is 12.6 Å². The molecule has 0 saturated heterocycles. The van der Waals surface area contributed by atoms with Gasteiger partial charge in [0.25, 0.3) is 0 Å². The van der Waals surface area contributed by atoms with Crippen LogP contribution in [0, 0.1) is 34.5 Å². The number of nitriles is 2. The minimum absolute atomic E-state index is 0.107. The molecule has 4 heteroatoms. The molecule has 0 spiro atoms. The smallest absolute Gasteiger partial charge is 0.187 e. The van der Waals surface area contributed by atoms with Crippen molar-refractivity contribution in [3.8, 4) is 24.0 Å². The zero-order valence-electron chi connectivity index (χ0n) is 12.5. The van der Waals surface area contributed by atoms with Crippen LogP contribution in [0.1, 0.15) is 34.8 Å². The van der Waals surface area contributed by atoms with E-state index in [2.05, 4.69) is 35.1 Å². The third kappa shape index (κ3) is 2.77. The minimum atomic E-state index is 0.107. The second-order valence-corrected chi connectivity index (χ2v) is 5.07. The summed E-state index contributed by atoms with van der Waals surface area (Å²) in [7, 11) is 1.68. The number of allylic oxidation sites excluding steroid dienone is 4. The van der Waals surface area contributed by atoms with Crippen molar-refractivity contribution in [3.05, 3.63) is 70.8 Å². The first-order valence-corrected chi connectivity index (χ1v) is 7.08. The van der Waals surface area contributed by atoms with Crippen molar-refractivity contribution >= 4 is 5.57 Å². The fourth-order valence-electron chi connectivity index (χ4n) is 2.37. The Balaban J connectivity index is 1.87. The molecule has 2 aromatic rings. The summed E-state index contributed by atoms with van der Waals surface area (Å²) in [6, 6.07) is 11.9. The number of hydrogen-bond donors (Lipinski definition) is 0. The van der Waals surface area contributed by atoms with Gasteiger partial charge in [0.05, 0.1) is 0 Å². The van der Waals surface area contributed by atoms with Crippen LogP contribution >= 0.6 is 0 Å². The van der Waals surface area contributed by atoms with Crippen LogP contribution in [0.4, 0.5) is 0 Å². The Morgan fingerprint density at radius 2 is 1.87 bits per heavy atom. The van der Waals surface area contributed by atoms with Gasteiger partial charge in [0.15, 0.2) is 17.2 Å². The highest BCUT2D eigenvalue weighted by Gasteiger charge is 2.12. The number of imidazole rings is 1. The maximum absolute atomic E-state index is 9.04. The van der Waals surface area contributed by atoms with E-state index in [9.17, 15) is 0 Å². The molecular formula is C19H12N4. The van der Waals surface area contributed by atoms with E-state index in [1.807, 2.05) is 36.4 Å². The molecule has 1 aromatic carbocycles. The molecule has 1 aliphatic carbocycles. The number of benzene rings is 1. The van der Waals surface area contributed by atoms with Crippen molar-refractivity contribution < 1.29 is 0 Å². The lowest BCUT2D eigenvalue weighted by molar-refractivity contribution is 0.878. The number of hydrogen-bond acceptors (Lipinski definition) is 3. The maximum Gasteiger partial charge on any atom is 0.187 e. The Morgan fingerprint density at radius 3 is 2.43 bits per heavy atom. The molecule has 23 heavy (non-hydrogen) atoms. The number of aromatic nitrogens is 2. The average Bonchev–Trinajstić information content (AvgIpc) is 3.21. The van der Waals surface area contributed by atoms with Crippen LogP contribution in [0.5, 0.6) is 0 Å². The van der Waals surface area contributed by atoms with Crippen LogP contribution in [0.15, 0.2) is 42.5 Å². The quantitative estimate of drug-likeness (QED) is 0.760. The number of rotatable bonds is 1. The molecule has 4 nitrogen and oxygen atoms in total. The SMILES string of the molecule is Cn1c(C#Cc2ccc(C3=CC=CC3)cc2)nc(C#N)c1C#N. The third-order valence-electron chi connectivity index (χ3n) is 3.65. The summed E-state index contributed by atoms with van der Waals surface area (Å²) < 4.78 is 1.54. The van der Waals surface area contributed by atoms with Crippen LogP contribution in [0.25, 0.3) is 5.57 Å². The standard InChI is InChI=1S/C19H12N4/c1-23-18(13-21)17(12-20)22-19(23)11-8-14-6-9-16(10-7-14)15-4-2-3-5-15/h2-4,6-7,9-10H,5H2,1H3. The Labute approximate surface area is 134 Å². The molecule has 1 aromatic heterocycles. The molecule has 0 aliphatic heterocycles. The molecule has 0 fully saturated rings. The highest BCUT2D eigenvalue weighted by Crippen LogP contribution is 2.23. The molecule has 1 aliphatic rings. The molecule has 3 rings (SSSR count). The summed E-state index contributed by atoms with van der Waals surface area (Å²) in [5.74, 6) is 6.35. The van der Waals surface area contributed by atoms with E-state index in [1.165, 1.54) is 15.7 Å². The topological polar surface area (TPSA) is 65.4 Å². The second-order valence-electron chi connectivity index (χ2n) is 5.07. The molecule has 108 valence electrons. The maximum atomic E-state index is 9.04. The Morgan fingerprint density at radius 1 is 1.09 bits per heavy atom. The first-order chi connectivity index (χ1) is 11.2. The predicted octanol–water partition coefficient (Wildman–Crippen LogP) is 2.91. The normalized spacial score (nSPS) is 12.0. The van der Waals surface area contributed by atoms with Crippen molar-refractivity contribution in [1.29, 1.82) is 10.5 Å². The van der Waals surface area contributed by atoms with Gasteiger partial charge in [-0.25, -0.2) is 4.98 Å². The summed E-state index contributed by atoms with van der Waals surface area (Å²) in [4.78, 5) is 4.08. The third-order valence-corrected chi connectivity index (χ3v) is 3.65. The van der Waals surface area contributed by atoms with Gasteiger partial charge >= 0.3 is 0 Å². The van der Waals surface area contributed by atoms with Crippen molar-refractivity contribution in [2.45, 2.75) is 6.42 Å². The first-order valence-electron chi connectivity index (χ1n) is 7.08. The first kappa shape index (κ1) is 14.4. The van der Waals surface area contributed by atoms with Gasteiger partial charge in [0.1, 0.15) is 12.1 Å². The van der Waals surface area contributed by atoms with E-state index in [-0.39, 0.29) is 11.4 Å². The van der Waals surface area contributed by atoms with Crippen LogP contribution in [0.2, 0.25) is 0 Å². The average molecular weight is 296 g/mol. The lowest BCUT2D eigenvalue weighted by Crippen LogP contribution is -1.96. The lowest BCUT2D eigenvalue weighted by Gasteiger charge is -2.01. The molecule has 0 amide bonds. The van der Waals surface area contributed by atoms with Crippen LogP contribution in [-0.2, 0) is 7.05 Å². The summed E-state index contributed by atoms with van der Waals surface area (Å²) in [6.45, 7) is 0. The minimum Gasteiger partial charge on any atom is -0.311 e. The summed E-state index contributed by atoms with van der Waals surface area (Å²) >= 11 is 0. The van der Waals surface area contributed by atoms with Crippen LogP contribution < -0.4 is 0 Å². The zero-order chi connectivity index (χ0) is 16.2. The van der Waals surface area contributed by atoms with Gasteiger partial charge in [-0.1, -0.05) is 36.3 Å². The molecule has 1 heterocycles. The van der Waals surface area contributed by atoms with Gasteiger partial charge in [-0.2, -0.15) is 10.5 Å². The van der Waals surface area contributed by atoms with Crippen molar-refractivity contribution in [2.24, 2.45) is 7.05 Å². The van der Waals surface area contributed by atoms with Crippen molar-refractivity contribution in [2.75, 3.05) is 0 Å². The monoisotopic (exact) mass is 296 g/mol. The zero-order valence-corrected chi connectivity index (χ0v) is 12.5. The Bertz CT molecular complexity index is 962. The highest BCUT2D eigenvalue weighted by atomic mass is 15.1. The largest absolute Gasteiger partial charge is 0.311 e. The fraction of sp³-hybridized carbons (Fsp3) is 0.105. The van der Waals surface area contributed by atoms with Gasteiger partial charge in [0.2, 0.25) is 0 Å². The van der Waals surface area contributed by atoms with Gasteiger partial charge in [-0.15, -0.1) is 0 Å². The van der Waals surface area contributed by atoms with Crippen molar-refractivity contribution in [1.82, 2.24) is 9.55 Å². The van der Waals surface area contributed by atoms with E-state index >= 15 is 0 Å². The molecule has 0 bridgehead atoms. The van der Waals surface area contributed by atoms with E-state index in [0.29, 0.717) is 5.82 Å². The molecule has 0 unspecified atom stereocenters. The van der Waals surface area contributed by atoms with Gasteiger partial charge in [-0.3, -0.25) is 0 Å². The van der Waals surface area contributed by atoms with E-state index < -0.39 is 0 Å². The Kier molecular flexibility index (Phi) is 3.79. The summed E-state index contributed by atoms with van der Waals surface area (Å²) in [6.07, 6.45) is 7.26. The second kappa shape index (κ2) is 6.06. The van der Waals surface area contributed by atoms with Gasteiger partial charge < -0.3 is 4.57 Å².